The van der Waals surface area contributed by atoms with Crippen LogP contribution in [-0.4, -0.2) is 22.3 Å². The van der Waals surface area contributed by atoms with Crippen LogP contribution in [0.15, 0.2) is 12.1 Å². The molecule has 3 N–H and O–H groups in total. The van der Waals surface area contributed by atoms with Gasteiger partial charge in [0.25, 0.3) is 0 Å². The highest BCUT2D eigenvalue weighted by Crippen LogP contribution is 2.17. The van der Waals surface area contributed by atoms with Gasteiger partial charge in [0.15, 0.2) is 11.6 Å². The third kappa shape index (κ3) is 1.42. The molecule has 0 aliphatic rings. The number of hydrogen-bond donors (Lipinski definition) is 3. The summed E-state index contributed by atoms with van der Waals surface area (Å²) in [6.07, 6.45) is 0. The summed E-state index contributed by atoms with van der Waals surface area (Å²) in [5, 5.41) is 26.5. The molecule has 1 aromatic rings. The molecule has 0 amide bonds. The van der Waals surface area contributed by atoms with E-state index in [9.17, 15) is 4.39 Å². The summed E-state index contributed by atoms with van der Waals surface area (Å²) in [5.74, 6) is -1.31. The first-order valence-electron chi connectivity index (χ1n) is 3.38. The number of hydrogen-bond acceptors (Lipinski definition) is 3. The van der Waals surface area contributed by atoms with Crippen LogP contribution in [0.2, 0.25) is 0 Å². The molecule has 0 saturated carbocycles. The Morgan fingerprint density at radius 2 is 1.92 bits per heavy atom. The van der Waals surface area contributed by atoms with Gasteiger partial charge in [-0.3, -0.25) is 0 Å². The predicted molar refractivity (Wildman–Crippen MR) is 42.6 cm³/mol. The molecule has 0 aliphatic carbocycles. The van der Waals surface area contributed by atoms with E-state index in [4.69, 9.17) is 15.2 Å². The SMILES string of the molecule is Cc1c(B(O)O)ccc(F)c1O. The highest BCUT2D eigenvalue weighted by molar-refractivity contribution is 6.59. The predicted octanol–water partition coefficient (Wildman–Crippen LogP) is -0.480. The second-order valence-corrected chi connectivity index (χ2v) is 2.48. The van der Waals surface area contributed by atoms with Crippen LogP contribution in [-0.2, 0) is 0 Å². The molecular formula is C7H8BFO3. The van der Waals surface area contributed by atoms with Crippen molar-refractivity contribution in [3.63, 3.8) is 0 Å². The summed E-state index contributed by atoms with van der Waals surface area (Å²) < 4.78 is 12.6. The second-order valence-electron chi connectivity index (χ2n) is 2.48. The van der Waals surface area contributed by atoms with Gasteiger partial charge >= 0.3 is 7.12 Å². The molecule has 0 saturated heterocycles. The summed E-state index contributed by atoms with van der Waals surface area (Å²) in [5.41, 5.74) is 0.249. The number of phenols is 1. The molecule has 5 heteroatoms. The van der Waals surface area contributed by atoms with Gasteiger partial charge in [0, 0.05) is 0 Å². The fourth-order valence-electron chi connectivity index (χ4n) is 0.962. The largest absolute Gasteiger partial charge is 0.505 e. The van der Waals surface area contributed by atoms with E-state index in [2.05, 4.69) is 0 Å². The van der Waals surface area contributed by atoms with Gasteiger partial charge in [0.05, 0.1) is 0 Å². The van der Waals surface area contributed by atoms with E-state index in [0.29, 0.717) is 0 Å². The molecule has 3 nitrogen and oxygen atoms in total. The summed E-state index contributed by atoms with van der Waals surface area (Å²) in [4.78, 5) is 0. The Hall–Kier alpha value is -1.07. The van der Waals surface area contributed by atoms with Crippen molar-refractivity contribution in [2.75, 3.05) is 0 Å². The number of benzene rings is 1. The minimum Gasteiger partial charge on any atom is -0.505 e. The van der Waals surface area contributed by atoms with Crippen molar-refractivity contribution in [3.05, 3.63) is 23.5 Å². The van der Waals surface area contributed by atoms with Crippen LogP contribution < -0.4 is 5.46 Å². The summed E-state index contributed by atoms with van der Waals surface area (Å²) in [6, 6.07) is 2.20. The molecule has 0 heterocycles. The van der Waals surface area contributed by atoms with Crippen LogP contribution in [0.3, 0.4) is 0 Å². The molecule has 1 aromatic carbocycles. The van der Waals surface area contributed by atoms with Gasteiger partial charge in [-0.2, -0.15) is 0 Å². The van der Waals surface area contributed by atoms with Crippen molar-refractivity contribution in [2.45, 2.75) is 6.92 Å². The van der Waals surface area contributed by atoms with Crippen LogP contribution in [0.5, 0.6) is 5.75 Å². The molecule has 0 radical (unpaired) electrons. The quantitative estimate of drug-likeness (QED) is 0.498. The summed E-state index contributed by atoms with van der Waals surface area (Å²) in [6.45, 7) is 1.41. The van der Waals surface area contributed by atoms with Crippen molar-refractivity contribution in [1.29, 1.82) is 0 Å². The minimum absolute atomic E-state index is 0.105. The van der Waals surface area contributed by atoms with Crippen LogP contribution >= 0.6 is 0 Å². The smallest absolute Gasteiger partial charge is 0.488 e. The van der Waals surface area contributed by atoms with Gasteiger partial charge in [-0.05, 0) is 24.0 Å². The Morgan fingerprint density at radius 1 is 1.33 bits per heavy atom. The van der Waals surface area contributed by atoms with Gasteiger partial charge < -0.3 is 15.2 Å². The fraction of sp³-hybridized carbons (Fsp3) is 0.143. The second kappa shape index (κ2) is 3.12. The van der Waals surface area contributed by atoms with Crippen molar-refractivity contribution in [1.82, 2.24) is 0 Å². The molecule has 0 atom stereocenters. The molecule has 0 spiro atoms. The van der Waals surface area contributed by atoms with Crippen molar-refractivity contribution >= 4 is 12.6 Å². The third-order valence-electron chi connectivity index (χ3n) is 1.70. The van der Waals surface area contributed by atoms with Crippen molar-refractivity contribution < 1.29 is 19.5 Å². The zero-order valence-electron chi connectivity index (χ0n) is 6.45. The Bertz CT molecular complexity index is 301. The zero-order chi connectivity index (χ0) is 9.30. The Morgan fingerprint density at radius 3 is 2.42 bits per heavy atom. The van der Waals surface area contributed by atoms with Crippen LogP contribution in [0.4, 0.5) is 4.39 Å². The normalized spacial score (nSPS) is 10.0. The lowest BCUT2D eigenvalue weighted by molar-refractivity contribution is 0.418. The molecule has 0 aromatic heterocycles. The van der Waals surface area contributed by atoms with Gasteiger partial charge in [-0.15, -0.1) is 0 Å². The molecule has 1 rings (SSSR count). The van der Waals surface area contributed by atoms with Gasteiger partial charge in [0.2, 0.25) is 0 Å². The van der Waals surface area contributed by atoms with Gasteiger partial charge in [0.1, 0.15) is 0 Å². The molecular weight excluding hydrogens is 162 g/mol. The number of rotatable bonds is 1. The molecule has 0 aliphatic heterocycles. The van der Waals surface area contributed by atoms with Crippen molar-refractivity contribution in [2.24, 2.45) is 0 Å². The summed E-state index contributed by atoms with van der Waals surface area (Å²) >= 11 is 0. The number of halogens is 1. The van der Waals surface area contributed by atoms with E-state index in [0.717, 1.165) is 6.07 Å². The molecule has 0 fully saturated rings. The van der Waals surface area contributed by atoms with Crippen LogP contribution in [0.25, 0.3) is 0 Å². The first-order chi connectivity index (χ1) is 5.54. The molecule has 0 bridgehead atoms. The number of phenolic OH excluding ortho intramolecular Hbond substituents is 1. The lowest BCUT2D eigenvalue weighted by Gasteiger charge is -2.06. The molecule has 12 heavy (non-hydrogen) atoms. The van der Waals surface area contributed by atoms with E-state index in [1.54, 1.807) is 0 Å². The third-order valence-corrected chi connectivity index (χ3v) is 1.70. The van der Waals surface area contributed by atoms with Crippen LogP contribution in [0.1, 0.15) is 5.56 Å². The van der Waals surface area contributed by atoms with Crippen molar-refractivity contribution in [3.8, 4) is 5.75 Å². The lowest BCUT2D eigenvalue weighted by Crippen LogP contribution is -2.32. The first-order valence-corrected chi connectivity index (χ1v) is 3.38. The Kier molecular flexibility index (Phi) is 2.35. The van der Waals surface area contributed by atoms with E-state index in [1.165, 1.54) is 13.0 Å². The van der Waals surface area contributed by atoms with E-state index >= 15 is 0 Å². The summed E-state index contributed by atoms with van der Waals surface area (Å²) in [7, 11) is -1.68. The molecule has 64 valence electrons. The monoisotopic (exact) mass is 170 g/mol. The van der Waals surface area contributed by atoms with Gasteiger partial charge in [-0.25, -0.2) is 4.39 Å². The maximum atomic E-state index is 12.6. The first kappa shape index (κ1) is 9.03. The molecule has 0 unspecified atom stereocenters. The lowest BCUT2D eigenvalue weighted by atomic mass is 9.77. The standard InChI is InChI=1S/C7H8BFO3/c1-4-5(8(11)12)2-3-6(9)7(4)10/h2-3,10-12H,1H3. The number of aromatic hydroxyl groups is 1. The zero-order valence-corrected chi connectivity index (χ0v) is 6.45. The average Bonchev–Trinajstić information content (AvgIpc) is 2.00. The van der Waals surface area contributed by atoms with Crippen LogP contribution in [0, 0.1) is 12.7 Å². The Labute approximate surface area is 69.2 Å². The maximum Gasteiger partial charge on any atom is 0.488 e. The van der Waals surface area contributed by atoms with Gasteiger partial charge in [-0.1, -0.05) is 6.07 Å². The minimum atomic E-state index is -1.68. The fourth-order valence-corrected chi connectivity index (χ4v) is 0.962. The van der Waals surface area contributed by atoms with E-state index in [1.807, 2.05) is 0 Å². The van der Waals surface area contributed by atoms with E-state index in [-0.39, 0.29) is 11.0 Å². The maximum absolute atomic E-state index is 12.6. The highest BCUT2D eigenvalue weighted by Gasteiger charge is 2.17. The average molecular weight is 170 g/mol. The van der Waals surface area contributed by atoms with E-state index < -0.39 is 18.7 Å². The topological polar surface area (TPSA) is 60.7 Å². The Balaban J connectivity index is 3.27. The highest BCUT2D eigenvalue weighted by atomic mass is 19.1.